The summed E-state index contributed by atoms with van der Waals surface area (Å²) in [5, 5.41) is 3.28. The SMILES string of the molecule is Cc1nc(CN2CCCC(C(N)=S)C2)cs1. The van der Waals surface area contributed by atoms with Gasteiger partial charge in [0.25, 0.3) is 0 Å². The molecule has 5 heteroatoms. The molecule has 1 aliphatic rings. The second-order valence-corrected chi connectivity index (χ2v) is 5.87. The first-order chi connectivity index (χ1) is 7.65. The third kappa shape index (κ3) is 2.99. The van der Waals surface area contributed by atoms with Crippen LogP contribution in [0.15, 0.2) is 5.38 Å². The minimum atomic E-state index is 0.392. The van der Waals surface area contributed by atoms with E-state index >= 15 is 0 Å². The predicted octanol–water partition coefficient (Wildman–Crippen LogP) is 1.95. The van der Waals surface area contributed by atoms with Crippen LogP contribution >= 0.6 is 23.6 Å². The second-order valence-electron chi connectivity index (χ2n) is 4.33. The standard InChI is InChI=1S/C11H17N3S2/c1-8-13-10(7-16-8)6-14-4-2-3-9(5-14)11(12)15/h7,9H,2-6H2,1H3,(H2,12,15). The van der Waals surface area contributed by atoms with Gasteiger partial charge in [-0.1, -0.05) is 12.2 Å². The van der Waals surface area contributed by atoms with Crippen molar-refractivity contribution in [2.45, 2.75) is 26.3 Å². The molecule has 3 nitrogen and oxygen atoms in total. The molecule has 0 bridgehead atoms. The Hall–Kier alpha value is -0.520. The summed E-state index contributed by atoms with van der Waals surface area (Å²) in [7, 11) is 0. The van der Waals surface area contributed by atoms with Crippen molar-refractivity contribution in [3.63, 3.8) is 0 Å². The van der Waals surface area contributed by atoms with E-state index in [4.69, 9.17) is 18.0 Å². The van der Waals surface area contributed by atoms with Crippen molar-refractivity contribution in [1.29, 1.82) is 0 Å². The fourth-order valence-corrected chi connectivity index (χ4v) is 2.94. The zero-order valence-corrected chi connectivity index (χ0v) is 11.1. The van der Waals surface area contributed by atoms with Crippen molar-refractivity contribution in [3.8, 4) is 0 Å². The van der Waals surface area contributed by atoms with Crippen molar-refractivity contribution >= 4 is 28.5 Å². The van der Waals surface area contributed by atoms with E-state index in [1.807, 2.05) is 6.92 Å². The van der Waals surface area contributed by atoms with Gasteiger partial charge in [-0.15, -0.1) is 11.3 Å². The van der Waals surface area contributed by atoms with Gasteiger partial charge in [0, 0.05) is 24.4 Å². The van der Waals surface area contributed by atoms with Gasteiger partial charge in [-0.3, -0.25) is 4.90 Å². The van der Waals surface area contributed by atoms with Crippen molar-refractivity contribution in [1.82, 2.24) is 9.88 Å². The van der Waals surface area contributed by atoms with Gasteiger partial charge in [-0.05, 0) is 26.3 Å². The van der Waals surface area contributed by atoms with Crippen LogP contribution in [-0.4, -0.2) is 28.0 Å². The number of piperidine rings is 1. The molecular weight excluding hydrogens is 238 g/mol. The first kappa shape index (κ1) is 12.0. The summed E-state index contributed by atoms with van der Waals surface area (Å²) in [4.78, 5) is 7.56. The summed E-state index contributed by atoms with van der Waals surface area (Å²) >= 11 is 6.79. The molecule has 1 unspecified atom stereocenters. The number of thiazole rings is 1. The van der Waals surface area contributed by atoms with Crippen molar-refractivity contribution in [2.75, 3.05) is 13.1 Å². The fourth-order valence-electron chi connectivity index (χ4n) is 2.14. The molecule has 1 fully saturated rings. The number of thiocarbonyl (C=S) groups is 1. The normalized spacial score (nSPS) is 22.2. The maximum absolute atomic E-state index is 5.72. The molecule has 1 aliphatic heterocycles. The highest BCUT2D eigenvalue weighted by molar-refractivity contribution is 7.80. The van der Waals surface area contributed by atoms with Crippen LogP contribution in [0.25, 0.3) is 0 Å². The van der Waals surface area contributed by atoms with Gasteiger partial charge in [0.15, 0.2) is 0 Å². The van der Waals surface area contributed by atoms with Gasteiger partial charge in [0.2, 0.25) is 0 Å². The number of likely N-dealkylation sites (tertiary alicyclic amines) is 1. The number of aromatic nitrogens is 1. The fraction of sp³-hybridized carbons (Fsp3) is 0.636. The highest BCUT2D eigenvalue weighted by Gasteiger charge is 2.22. The van der Waals surface area contributed by atoms with E-state index in [0.717, 1.165) is 31.1 Å². The minimum absolute atomic E-state index is 0.392. The molecule has 0 spiro atoms. The maximum Gasteiger partial charge on any atom is 0.0897 e. The Kier molecular flexibility index (Phi) is 3.89. The Morgan fingerprint density at radius 3 is 3.19 bits per heavy atom. The van der Waals surface area contributed by atoms with Crippen LogP contribution in [0.1, 0.15) is 23.5 Å². The quantitative estimate of drug-likeness (QED) is 0.838. The lowest BCUT2D eigenvalue weighted by molar-refractivity contribution is 0.195. The van der Waals surface area contributed by atoms with Crippen LogP contribution in [-0.2, 0) is 6.54 Å². The topological polar surface area (TPSA) is 42.2 Å². The Labute approximate surface area is 106 Å². The first-order valence-corrected chi connectivity index (χ1v) is 6.86. The van der Waals surface area contributed by atoms with E-state index in [2.05, 4.69) is 15.3 Å². The summed E-state index contributed by atoms with van der Waals surface area (Å²) in [5.41, 5.74) is 6.89. The molecule has 1 saturated heterocycles. The Morgan fingerprint density at radius 2 is 2.56 bits per heavy atom. The van der Waals surface area contributed by atoms with Gasteiger partial charge < -0.3 is 5.73 Å². The van der Waals surface area contributed by atoms with Crippen LogP contribution in [0.5, 0.6) is 0 Å². The van der Waals surface area contributed by atoms with E-state index in [9.17, 15) is 0 Å². The van der Waals surface area contributed by atoms with E-state index in [0.29, 0.717) is 10.9 Å². The third-order valence-corrected chi connectivity index (χ3v) is 4.12. The Bertz CT molecular complexity index is 375. The third-order valence-electron chi connectivity index (χ3n) is 2.96. The average Bonchev–Trinajstić information content (AvgIpc) is 2.64. The van der Waals surface area contributed by atoms with Gasteiger partial charge in [0.05, 0.1) is 15.7 Å². The Balaban J connectivity index is 1.92. The summed E-state index contributed by atoms with van der Waals surface area (Å²) in [6.07, 6.45) is 2.33. The molecule has 1 aromatic heterocycles. The molecular formula is C11H17N3S2. The molecule has 1 aromatic rings. The van der Waals surface area contributed by atoms with Crippen molar-refractivity contribution < 1.29 is 0 Å². The lowest BCUT2D eigenvalue weighted by Gasteiger charge is -2.31. The molecule has 0 aliphatic carbocycles. The van der Waals surface area contributed by atoms with E-state index in [-0.39, 0.29) is 0 Å². The molecule has 2 N–H and O–H groups in total. The molecule has 0 radical (unpaired) electrons. The van der Waals surface area contributed by atoms with E-state index < -0.39 is 0 Å². The van der Waals surface area contributed by atoms with Gasteiger partial charge >= 0.3 is 0 Å². The number of rotatable bonds is 3. The molecule has 0 amide bonds. The monoisotopic (exact) mass is 255 g/mol. The zero-order chi connectivity index (χ0) is 11.5. The molecule has 1 atom stereocenters. The number of hydrogen-bond donors (Lipinski definition) is 1. The van der Waals surface area contributed by atoms with Crippen molar-refractivity contribution in [3.05, 3.63) is 16.1 Å². The largest absolute Gasteiger partial charge is 0.393 e. The maximum atomic E-state index is 5.72. The smallest absolute Gasteiger partial charge is 0.0897 e. The van der Waals surface area contributed by atoms with Gasteiger partial charge in [-0.2, -0.15) is 0 Å². The highest BCUT2D eigenvalue weighted by Crippen LogP contribution is 2.19. The second kappa shape index (κ2) is 5.21. The van der Waals surface area contributed by atoms with E-state index in [1.54, 1.807) is 11.3 Å². The molecule has 2 heterocycles. The first-order valence-electron chi connectivity index (χ1n) is 5.58. The molecule has 0 aromatic carbocycles. The molecule has 0 saturated carbocycles. The minimum Gasteiger partial charge on any atom is -0.393 e. The van der Waals surface area contributed by atoms with Crippen LogP contribution in [0.2, 0.25) is 0 Å². The van der Waals surface area contributed by atoms with Gasteiger partial charge in [0.1, 0.15) is 0 Å². The van der Waals surface area contributed by atoms with Crippen molar-refractivity contribution in [2.24, 2.45) is 11.7 Å². The number of nitrogens with zero attached hydrogens (tertiary/aromatic N) is 2. The average molecular weight is 255 g/mol. The highest BCUT2D eigenvalue weighted by atomic mass is 32.1. The Morgan fingerprint density at radius 1 is 1.75 bits per heavy atom. The summed E-state index contributed by atoms with van der Waals surface area (Å²) < 4.78 is 0. The number of nitrogens with two attached hydrogens (primary N) is 1. The summed E-state index contributed by atoms with van der Waals surface area (Å²) in [6.45, 7) is 5.10. The lowest BCUT2D eigenvalue weighted by Crippen LogP contribution is -2.40. The zero-order valence-electron chi connectivity index (χ0n) is 9.48. The van der Waals surface area contributed by atoms with E-state index in [1.165, 1.54) is 12.1 Å². The van der Waals surface area contributed by atoms with Gasteiger partial charge in [-0.25, -0.2) is 4.98 Å². The van der Waals surface area contributed by atoms with Crippen LogP contribution in [0.4, 0.5) is 0 Å². The predicted molar refractivity (Wildman–Crippen MR) is 71.6 cm³/mol. The lowest BCUT2D eigenvalue weighted by atomic mass is 9.98. The summed E-state index contributed by atoms with van der Waals surface area (Å²) in [6, 6.07) is 0. The van der Waals surface area contributed by atoms with Crippen LogP contribution in [0.3, 0.4) is 0 Å². The molecule has 2 rings (SSSR count). The molecule has 88 valence electrons. The van der Waals surface area contributed by atoms with Crippen LogP contribution in [0, 0.1) is 12.8 Å². The number of hydrogen-bond acceptors (Lipinski definition) is 4. The number of aryl methyl sites for hydroxylation is 1. The molecule has 16 heavy (non-hydrogen) atoms. The van der Waals surface area contributed by atoms with Crippen LogP contribution < -0.4 is 5.73 Å². The summed E-state index contributed by atoms with van der Waals surface area (Å²) in [5.74, 6) is 0.392.